The van der Waals surface area contributed by atoms with Crippen LogP contribution in [-0.4, -0.2) is 55.4 Å². The Morgan fingerprint density at radius 1 is 1.06 bits per heavy atom. The number of ether oxygens (including phenoxy) is 1. The number of piperidine rings is 1. The molecule has 182 valence electrons. The summed E-state index contributed by atoms with van der Waals surface area (Å²) in [6.07, 6.45) is 1.08. The summed E-state index contributed by atoms with van der Waals surface area (Å²) in [7, 11) is 1.53. The topological polar surface area (TPSA) is 87.7 Å². The molecule has 2 N–H and O–H groups in total. The molecule has 0 radical (unpaired) electrons. The first-order chi connectivity index (χ1) is 16.3. The van der Waals surface area contributed by atoms with E-state index in [0.29, 0.717) is 49.4 Å². The van der Waals surface area contributed by atoms with Gasteiger partial charge in [-0.3, -0.25) is 14.4 Å². The molecule has 0 aliphatic carbocycles. The number of methoxy groups -OCH3 is 1. The molecule has 7 nitrogen and oxygen atoms in total. The van der Waals surface area contributed by atoms with Crippen molar-refractivity contribution in [2.75, 3.05) is 26.7 Å². The molecular weight excluding hydrogens is 437 g/mol. The number of hydrogen-bond donors (Lipinski definition) is 2. The van der Waals surface area contributed by atoms with Crippen LogP contribution in [0.25, 0.3) is 0 Å². The quantitative estimate of drug-likeness (QED) is 0.621. The second-order valence-corrected chi connectivity index (χ2v) is 8.96. The number of benzene rings is 2. The van der Waals surface area contributed by atoms with Crippen molar-refractivity contribution in [3.63, 3.8) is 0 Å². The molecule has 0 aromatic heterocycles. The minimum atomic E-state index is -0.733. The van der Waals surface area contributed by atoms with Crippen LogP contribution in [0.15, 0.2) is 48.5 Å². The average Bonchev–Trinajstić information content (AvgIpc) is 2.85. The molecule has 0 bridgehead atoms. The van der Waals surface area contributed by atoms with E-state index in [-0.39, 0.29) is 29.6 Å². The second kappa shape index (κ2) is 11.6. The van der Waals surface area contributed by atoms with Gasteiger partial charge in [0.05, 0.1) is 7.11 Å². The van der Waals surface area contributed by atoms with Crippen LogP contribution in [0, 0.1) is 17.7 Å². The van der Waals surface area contributed by atoms with Gasteiger partial charge in [-0.25, -0.2) is 4.39 Å². The maximum Gasteiger partial charge on any atom is 0.253 e. The summed E-state index contributed by atoms with van der Waals surface area (Å²) in [6.45, 7) is 5.34. The summed E-state index contributed by atoms with van der Waals surface area (Å²) in [6, 6.07) is 11.7. The summed E-state index contributed by atoms with van der Waals surface area (Å²) >= 11 is 0. The van der Waals surface area contributed by atoms with Crippen LogP contribution in [-0.2, 0) is 4.79 Å². The van der Waals surface area contributed by atoms with Crippen molar-refractivity contribution in [3.8, 4) is 5.75 Å². The second-order valence-electron chi connectivity index (χ2n) is 8.96. The molecular formula is C26H32FN3O4. The Morgan fingerprint density at radius 3 is 2.38 bits per heavy atom. The standard InChI is InChI=1S/C26H32FN3O4/c1-17(2)16-28-25(32)23(29-24(31)19-6-5-9-22(15-19)34-3)18-10-12-30(13-11-18)26(33)20-7-4-8-21(27)14-20/h4-9,14-15,17-18,23H,10-13,16H2,1-3H3,(H,28,32)(H,29,31)/t23-/m0/s1. The fourth-order valence-corrected chi connectivity index (χ4v) is 4.04. The van der Waals surface area contributed by atoms with E-state index in [1.807, 2.05) is 13.8 Å². The third kappa shape index (κ3) is 6.56. The number of rotatable bonds is 8. The molecule has 1 aliphatic heterocycles. The van der Waals surface area contributed by atoms with Gasteiger partial charge in [0.1, 0.15) is 17.6 Å². The van der Waals surface area contributed by atoms with Crippen molar-refractivity contribution < 1.29 is 23.5 Å². The highest BCUT2D eigenvalue weighted by Crippen LogP contribution is 2.23. The molecule has 8 heteroatoms. The monoisotopic (exact) mass is 469 g/mol. The van der Waals surface area contributed by atoms with Gasteiger partial charge < -0.3 is 20.3 Å². The van der Waals surface area contributed by atoms with Crippen LogP contribution < -0.4 is 15.4 Å². The molecule has 0 unspecified atom stereocenters. The summed E-state index contributed by atoms with van der Waals surface area (Å²) < 4.78 is 18.7. The Kier molecular flexibility index (Phi) is 8.62. The predicted molar refractivity (Wildman–Crippen MR) is 127 cm³/mol. The molecule has 34 heavy (non-hydrogen) atoms. The van der Waals surface area contributed by atoms with E-state index in [1.165, 1.54) is 25.3 Å². The van der Waals surface area contributed by atoms with Crippen molar-refractivity contribution in [3.05, 3.63) is 65.5 Å². The Labute approximate surface area is 199 Å². The first kappa shape index (κ1) is 25.2. The number of nitrogens with zero attached hydrogens (tertiary/aromatic N) is 1. The number of halogens is 1. The highest BCUT2D eigenvalue weighted by atomic mass is 19.1. The first-order valence-electron chi connectivity index (χ1n) is 11.6. The van der Waals surface area contributed by atoms with E-state index < -0.39 is 11.9 Å². The molecule has 0 saturated carbocycles. The smallest absolute Gasteiger partial charge is 0.253 e. The fourth-order valence-electron chi connectivity index (χ4n) is 4.04. The largest absolute Gasteiger partial charge is 0.497 e. The van der Waals surface area contributed by atoms with Crippen molar-refractivity contribution in [1.29, 1.82) is 0 Å². The SMILES string of the molecule is COc1cccc(C(=O)N[C@H](C(=O)NCC(C)C)C2CCN(C(=O)c3cccc(F)c3)CC2)c1. The van der Waals surface area contributed by atoms with Crippen LogP contribution in [0.5, 0.6) is 5.75 Å². The lowest BCUT2D eigenvalue weighted by Gasteiger charge is -2.36. The minimum absolute atomic E-state index is 0.140. The summed E-state index contributed by atoms with van der Waals surface area (Å²) in [4.78, 5) is 40.4. The molecule has 2 aromatic carbocycles. The lowest BCUT2D eigenvalue weighted by Crippen LogP contribution is -2.54. The van der Waals surface area contributed by atoms with Crippen molar-refractivity contribution >= 4 is 17.7 Å². The molecule has 3 rings (SSSR count). The zero-order valence-corrected chi connectivity index (χ0v) is 19.8. The minimum Gasteiger partial charge on any atom is -0.497 e. The van der Waals surface area contributed by atoms with Crippen LogP contribution in [0.1, 0.15) is 47.4 Å². The number of nitrogens with one attached hydrogen (secondary N) is 2. The number of likely N-dealkylation sites (tertiary alicyclic amines) is 1. The van der Waals surface area contributed by atoms with Gasteiger partial charge >= 0.3 is 0 Å². The predicted octanol–water partition coefficient (Wildman–Crippen LogP) is 3.26. The van der Waals surface area contributed by atoms with Gasteiger partial charge in [0, 0.05) is 30.8 Å². The summed E-state index contributed by atoms with van der Waals surface area (Å²) in [5, 5.41) is 5.83. The first-order valence-corrected chi connectivity index (χ1v) is 11.6. The van der Waals surface area contributed by atoms with E-state index in [9.17, 15) is 18.8 Å². The molecule has 0 spiro atoms. The average molecular weight is 470 g/mol. The van der Waals surface area contributed by atoms with Crippen LogP contribution >= 0.6 is 0 Å². The van der Waals surface area contributed by atoms with Crippen LogP contribution in [0.4, 0.5) is 4.39 Å². The zero-order chi connectivity index (χ0) is 24.7. The van der Waals surface area contributed by atoms with Crippen molar-refractivity contribution in [2.24, 2.45) is 11.8 Å². The maximum atomic E-state index is 13.5. The Hall–Kier alpha value is -3.42. The third-order valence-corrected chi connectivity index (χ3v) is 5.96. The zero-order valence-electron chi connectivity index (χ0n) is 19.8. The van der Waals surface area contributed by atoms with Gasteiger partial charge in [-0.1, -0.05) is 26.0 Å². The molecule has 2 aromatic rings. The number of amides is 3. The lowest BCUT2D eigenvalue weighted by molar-refractivity contribution is -0.124. The Balaban J connectivity index is 1.70. The highest BCUT2D eigenvalue weighted by Gasteiger charge is 2.34. The van der Waals surface area contributed by atoms with E-state index >= 15 is 0 Å². The summed E-state index contributed by atoms with van der Waals surface area (Å²) in [5.74, 6) is -0.607. The van der Waals surface area contributed by atoms with E-state index in [4.69, 9.17) is 4.74 Å². The van der Waals surface area contributed by atoms with Gasteiger partial charge in [0.25, 0.3) is 11.8 Å². The van der Waals surface area contributed by atoms with E-state index in [1.54, 1.807) is 35.2 Å². The third-order valence-electron chi connectivity index (χ3n) is 5.96. The number of hydrogen-bond acceptors (Lipinski definition) is 4. The van der Waals surface area contributed by atoms with Gasteiger partial charge in [-0.15, -0.1) is 0 Å². The van der Waals surface area contributed by atoms with E-state index in [2.05, 4.69) is 10.6 Å². The number of carbonyl (C=O) groups is 3. The fraction of sp³-hybridized carbons (Fsp3) is 0.423. The highest BCUT2D eigenvalue weighted by molar-refractivity contribution is 5.98. The van der Waals surface area contributed by atoms with Crippen LogP contribution in [0.2, 0.25) is 0 Å². The maximum absolute atomic E-state index is 13.5. The molecule has 1 saturated heterocycles. The lowest BCUT2D eigenvalue weighted by atomic mass is 9.88. The van der Waals surface area contributed by atoms with Gasteiger partial charge in [0.15, 0.2) is 0 Å². The molecule has 1 fully saturated rings. The molecule has 3 amide bonds. The molecule has 1 atom stereocenters. The molecule has 1 heterocycles. The van der Waals surface area contributed by atoms with Crippen molar-refractivity contribution in [2.45, 2.75) is 32.7 Å². The van der Waals surface area contributed by atoms with Crippen LogP contribution in [0.3, 0.4) is 0 Å². The van der Waals surface area contributed by atoms with Gasteiger partial charge in [-0.05, 0) is 61.1 Å². The van der Waals surface area contributed by atoms with Gasteiger partial charge in [0.2, 0.25) is 5.91 Å². The normalized spacial score (nSPS) is 15.0. The Morgan fingerprint density at radius 2 is 1.74 bits per heavy atom. The Bertz CT molecular complexity index is 1020. The van der Waals surface area contributed by atoms with Crippen molar-refractivity contribution in [1.82, 2.24) is 15.5 Å². The molecule has 1 aliphatic rings. The van der Waals surface area contributed by atoms with Gasteiger partial charge in [-0.2, -0.15) is 0 Å². The van der Waals surface area contributed by atoms with E-state index in [0.717, 1.165) is 0 Å². The summed E-state index contributed by atoms with van der Waals surface area (Å²) in [5.41, 5.74) is 0.704. The number of carbonyl (C=O) groups excluding carboxylic acids is 3.